The summed E-state index contributed by atoms with van der Waals surface area (Å²) < 4.78 is 0. The number of carbonyl (C=O) groups excluding carboxylic acids is 1. The highest BCUT2D eigenvalue weighted by Crippen LogP contribution is 2.39. The van der Waals surface area contributed by atoms with Crippen LogP contribution in [0.4, 0.5) is 4.79 Å². The summed E-state index contributed by atoms with van der Waals surface area (Å²) in [6.07, 6.45) is 9.95. The van der Waals surface area contributed by atoms with Crippen molar-refractivity contribution in [2.45, 2.75) is 63.4 Å². The van der Waals surface area contributed by atoms with Crippen LogP contribution < -0.4 is 0 Å². The van der Waals surface area contributed by atoms with E-state index in [-0.39, 0.29) is 6.03 Å². The molecule has 2 saturated heterocycles. The minimum atomic E-state index is -0.478. The molecule has 3 fully saturated rings. The van der Waals surface area contributed by atoms with E-state index in [9.17, 15) is 9.90 Å². The molecule has 2 amide bonds. The van der Waals surface area contributed by atoms with Gasteiger partial charge in [0.25, 0.3) is 0 Å². The van der Waals surface area contributed by atoms with Crippen LogP contribution in [0, 0.1) is 5.92 Å². The molecule has 0 aromatic carbocycles. The van der Waals surface area contributed by atoms with Crippen molar-refractivity contribution in [1.29, 1.82) is 0 Å². The van der Waals surface area contributed by atoms with E-state index < -0.39 is 5.60 Å². The molecular weight excluding hydrogens is 252 g/mol. The van der Waals surface area contributed by atoms with Crippen molar-refractivity contribution in [2.75, 3.05) is 26.2 Å². The molecule has 2 atom stereocenters. The third kappa shape index (κ3) is 2.80. The zero-order valence-corrected chi connectivity index (χ0v) is 12.5. The highest BCUT2D eigenvalue weighted by molar-refractivity contribution is 5.74. The van der Waals surface area contributed by atoms with Crippen LogP contribution in [0.1, 0.15) is 57.8 Å². The van der Waals surface area contributed by atoms with Gasteiger partial charge in [0.1, 0.15) is 0 Å². The highest BCUT2D eigenvalue weighted by Gasteiger charge is 2.44. The summed E-state index contributed by atoms with van der Waals surface area (Å²) in [5.41, 5.74) is -0.478. The summed E-state index contributed by atoms with van der Waals surface area (Å²) in [5.74, 6) is 0.306. The van der Waals surface area contributed by atoms with Gasteiger partial charge >= 0.3 is 6.03 Å². The number of nitrogens with zero attached hydrogens (tertiary/aromatic N) is 2. The van der Waals surface area contributed by atoms with Crippen molar-refractivity contribution in [1.82, 2.24) is 9.80 Å². The van der Waals surface area contributed by atoms with Crippen molar-refractivity contribution in [3.8, 4) is 0 Å². The van der Waals surface area contributed by atoms with Crippen LogP contribution in [-0.4, -0.2) is 52.7 Å². The predicted octanol–water partition coefficient (Wildman–Crippen LogP) is 2.61. The van der Waals surface area contributed by atoms with Gasteiger partial charge in [-0.05, 0) is 32.1 Å². The fraction of sp³-hybridized carbons (Fsp3) is 0.938. The quantitative estimate of drug-likeness (QED) is 0.741. The smallest absolute Gasteiger partial charge is 0.320 e. The standard InChI is InChI=1S/C16H28N2O2/c19-15(17-10-5-1-2-6-11-17)18-12-9-16(20)8-4-3-7-14(16)13-18/h14,20H,1-13H2. The van der Waals surface area contributed by atoms with Crippen molar-refractivity contribution in [3.63, 3.8) is 0 Å². The fourth-order valence-electron chi connectivity index (χ4n) is 4.21. The lowest BCUT2D eigenvalue weighted by molar-refractivity contribution is -0.0888. The molecule has 0 aromatic rings. The van der Waals surface area contributed by atoms with Gasteiger partial charge in [-0.25, -0.2) is 4.79 Å². The van der Waals surface area contributed by atoms with Gasteiger partial charge in [-0.2, -0.15) is 0 Å². The Labute approximate surface area is 122 Å². The molecule has 2 heterocycles. The normalized spacial score (nSPS) is 35.4. The maximum atomic E-state index is 12.7. The van der Waals surface area contributed by atoms with E-state index in [1.165, 1.54) is 19.3 Å². The van der Waals surface area contributed by atoms with Crippen molar-refractivity contribution in [2.24, 2.45) is 5.92 Å². The van der Waals surface area contributed by atoms with E-state index in [4.69, 9.17) is 0 Å². The molecule has 2 unspecified atom stereocenters. The maximum Gasteiger partial charge on any atom is 0.320 e. The van der Waals surface area contributed by atoms with Gasteiger partial charge in [-0.3, -0.25) is 0 Å². The van der Waals surface area contributed by atoms with E-state index in [1.54, 1.807) is 0 Å². The Balaban J connectivity index is 1.61. The molecular formula is C16H28N2O2. The van der Waals surface area contributed by atoms with Gasteiger partial charge in [0, 0.05) is 32.1 Å². The zero-order chi connectivity index (χ0) is 14.0. The summed E-state index contributed by atoms with van der Waals surface area (Å²) in [7, 11) is 0. The summed E-state index contributed by atoms with van der Waals surface area (Å²) in [4.78, 5) is 16.7. The first-order chi connectivity index (χ1) is 9.69. The average molecular weight is 280 g/mol. The molecule has 4 nitrogen and oxygen atoms in total. The van der Waals surface area contributed by atoms with E-state index in [0.29, 0.717) is 5.92 Å². The number of carbonyl (C=O) groups is 1. The Hall–Kier alpha value is -0.770. The number of hydrogen-bond acceptors (Lipinski definition) is 2. The molecule has 114 valence electrons. The number of piperidine rings is 1. The molecule has 0 bridgehead atoms. The van der Waals surface area contributed by atoms with Crippen molar-refractivity contribution in [3.05, 3.63) is 0 Å². The topological polar surface area (TPSA) is 43.8 Å². The lowest BCUT2D eigenvalue weighted by atomic mass is 9.71. The average Bonchev–Trinajstić information content (AvgIpc) is 2.74. The maximum absolute atomic E-state index is 12.7. The molecule has 1 saturated carbocycles. The van der Waals surface area contributed by atoms with Crippen LogP contribution in [0.3, 0.4) is 0 Å². The molecule has 1 N–H and O–H groups in total. The Morgan fingerprint density at radius 3 is 2.40 bits per heavy atom. The first kappa shape index (κ1) is 14.2. The molecule has 2 aliphatic heterocycles. The van der Waals surface area contributed by atoms with E-state index in [0.717, 1.165) is 64.7 Å². The number of rotatable bonds is 0. The van der Waals surface area contributed by atoms with Crippen LogP contribution in [0.15, 0.2) is 0 Å². The van der Waals surface area contributed by atoms with Gasteiger partial charge < -0.3 is 14.9 Å². The molecule has 20 heavy (non-hydrogen) atoms. The highest BCUT2D eigenvalue weighted by atomic mass is 16.3. The monoisotopic (exact) mass is 280 g/mol. The lowest BCUT2D eigenvalue weighted by Crippen LogP contribution is -2.57. The number of amides is 2. The summed E-state index contributed by atoms with van der Waals surface area (Å²) in [6, 6.07) is 0.222. The molecule has 0 spiro atoms. The second-order valence-electron chi connectivity index (χ2n) is 6.93. The Bertz CT molecular complexity index is 352. The zero-order valence-electron chi connectivity index (χ0n) is 12.5. The van der Waals surface area contributed by atoms with Gasteiger partial charge in [-0.15, -0.1) is 0 Å². The molecule has 4 heteroatoms. The molecule has 0 radical (unpaired) electrons. The predicted molar refractivity (Wildman–Crippen MR) is 78.5 cm³/mol. The van der Waals surface area contributed by atoms with E-state index in [2.05, 4.69) is 0 Å². The Morgan fingerprint density at radius 1 is 0.900 bits per heavy atom. The first-order valence-corrected chi connectivity index (χ1v) is 8.45. The van der Waals surface area contributed by atoms with Gasteiger partial charge in [-0.1, -0.05) is 25.7 Å². The minimum Gasteiger partial charge on any atom is -0.389 e. The minimum absolute atomic E-state index is 0.222. The molecule has 1 aliphatic carbocycles. The van der Waals surface area contributed by atoms with Crippen LogP contribution in [0.5, 0.6) is 0 Å². The molecule has 0 aromatic heterocycles. The van der Waals surface area contributed by atoms with Gasteiger partial charge in [0.15, 0.2) is 0 Å². The molecule has 3 rings (SSSR count). The van der Waals surface area contributed by atoms with E-state index in [1.807, 2.05) is 9.80 Å². The van der Waals surface area contributed by atoms with Crippen molar-refractivity contribution >= 4 is 6.03 Å². The Kier molecular flexibility index (Phi) is 4.20. The first-order valence-electron chi connectivity index (χ1n) is 8.45. The summed E-state index contributed by atoms with van der Waals surface area (Å²) >= 11 is 0. The third-order valence-corrected chi connectivity index (χ3v) is 5.57. The van der Waals surface area contributed by atoms with Gasteiger partial charge in [0.05, 0.1) is 5.60 Å². The van der Waals surface area contributed by atoms with Gasteiger partial charge in [0.2, 0.25) is 0 Å². The number of fused-ring (bicyclic) bond motifs is 1. The SMILES string of the molecule is O=C(N1CCCCCC1)N1CCC2(O)CCCCC2C1. The molecule has 3 aliphatic rings. The Morgan fingerprint density at radius 2 is 1.65 bits per heavy atom. The number of hydrogen-bond donors (Lipinski definition) is 1. The second-order valence-corrected chi connectivity index (χ2v) is 6.93. The summed E-state index contributed by atoms with van der Waals surface area (Å²) in [6.45, 7) is 3.35. The van der Waals surface area contributed by atoms with Crippen molar-refractivity contribution < 1.29 is 9.90 Å². The summed E-state index contributed by atoms with van der Waals surface area (Å²) in [5, 5.41) is 10.7. The largest absolute Gasteiger partial charge is 0.389 e. The fourth-order valence-corrected chi connectivity index (χ4v) is 4.21. The number of likely N-dealkylation sites (tertiary alicyclic amines) is 2. The number of urea groups is 1. The second kappa shape index (κ2) is 5.92. The van der Waals surface area contributed by atoms with Crippen LogP contribution in [0.2, 0.25) is 0 Å². The van der Waals surface area contributed by atoms with Crippen LogP contribution in [0.25, 0.3) is 0 Å². The third-order valence-electron chi connectivity index (χ3n) is 5.57. The van der Waals surface area contributed by atoms with E-state index >= 15 is 0 Å². The van der Waals surface area contributed by atoms with Crippen LogP contribution >= 0.6 is 0 Å². The lowest BCUT2D eigenvalue weighted by Gasteiger charge is -2.48. The van der Waals surface area contributed by atoms with Crippen LogP contribution in [-0.2, 0) is 0 Å². The number of aliphatic hydroxyl groups is 1.